The maximum atomic E-state index is 10.5. The third kappa shape index (κ3) is 1.93. The Labute approximate surface area is 83.9 Å². The van der Waals surface area contributed by atoms with Gasteiger partial charge in [-0.1, -0.05) is 12.1 Å². The van der Waals surface area contributed by atoms with Gasteiger partial charge in [-0.2, -0.15) is 0 Å². The lowest BCUT2D eigenvalue weighted by Gasteiger charge is -2.12. The summed E-state index contributed by atoms with van der Waals surface area (Å²) in [6.45, 7) is 3.87. The van der Waals surface area contributed by atoms with Crippen molar-refractivity contribution < 1.29 is 9.53 Å². The third-order valence-corrected chi connectivity index (χ3v) is 2.22. The van der Waals surface area contributed by atoms with E-state index >= 15 is 0 Å². The maximum Gasteiger partial charge on any atom is 0.141 e. The van der Waals surface area contributed by atoms with Crippen molar-refractivity contribution >= 4 is 6.29 Å². The number of nitrogens with two attached hydrogens (primary N) is 1. The second kappa shape index (κ2) is 4.24. The molecule has 0 fully saturated rings. The molecule has 2 N–H and O–H groups in total. The number of carbonyl (C=O) groups is 1. The molecule has 0 radical (unpaired) electrons. The molecule has 3 nitrogen and oxygen atoms in total. The zero-order valence-corrected chi connectivity index (χ0v) is 8.70. The van der Waals surface area contributed by atoms with Crippen LogP contribution < -0.4 is 10.5 Å². The standard InChI is InChI=1S/C11H15NO2/c1-7-4-9(10(12)6-13)5-8(2)11(7)14-3/h4-6,10H,12H2,1-3H3. The van der Waals surface area contributed by atoms with Gasteiger partial charge in [-0.15, -0.1) is 0 Å². The lowest BCUT2D eigenvalue weighted by atomic mass is 10.0. The van der Waals surface area contributed by atoms with E-state index < -0.39 is 6.04 Å². The van der Waals surface area contributed by atoms with E-state index in [4.69, 9.17) is 10.5 Å². The monoisotopic (exact) mass is 193 g/mol. The summed E-state index contributed by atoms with van der Waals surface area (Å²) in [7, 11) is 1.63. The van der Waals surface area contributed by atoms with Gasteiger partial charge in [0.15, 0.2) is 0 Å². The van der Waals surface area contributed by atoms with Gasteiger partial charge in [0.1, 0.15) is 12.0 Å². The van der Waals surface area contributed by atoms with Crippen LogP contribution in [0.2, 0.25) is 0 Å². The van der Waals surface area contributed by atoms with Crippen LogP contribution in [0.5, 0.6) is 5.75 Å². The smallest absolute Gasteiger partial charge is 0.141 e. The number of hydrogen-bond acceptors (Lipinski definition) is 3. The predicted molar refractivity (Wildman–Crippen MR) is 55.5 cm³/mol. The molecule has 1 rings (SSSR count). The molecule has 0 spiro atoms. The average Bonchev–Trinajstić information content (AvgIpc) is 2.16. The second-order valence-corrected chi connectivity index (χ2v) is 3.35. The Bertz CT molecular complexity index is 324. The zero-order chi connectivity index (χ0) is 10.7. The summed E-state index contributed by atoms with van der Waals surface area (Å²) in [6.07, 6.45) is 0.737. The first kappa shape index (κ1) is 10.7. The van der Waals surface area contributed by atoms with Crippen molar-refractivity contribution in [1.29, 1.82) is 0 Å². The van der Waals surface area contributed by atoms with E-state index in [9.17, 15) is 4.79 Å². The Morgan fingerprint density at radius 2 is 1.86 bits per heavy atom. The molecule has 1 atom stereocenters. The van der Waals surface area contributed by atoms with Crippen LogP contribution in [0.1, 0.15) is 22.7 Å². The molecular weight excluding hydrogens is 178 g/mol. The highest BCUT2D eigenvalue weighted by molar-refractivity contribution is 5.62. The minimum Gasteiger partial charge on any atom is -0.496 e. The van der Waals surface area contributed by atoms with Crippen molar-refractivity contribution in [1.82, 2.24) is 0 Å². The van der Waals surface area contributed by atoms with Crippen molar-refractivity contribution in [2.24, 2.45) is 5.73 Å². The van der Waals surface area contributed by atoms with Crippen LogP contribution in [0.25, 0.3) is 0 Å². The molecule has 1 aromatic carbocycles. The van der Waals surface area contributed by atoms with Crippen molar-refractivity contribution in [2.45, 2.75) is 19.9 Å². The van der Waals surface area contributed by atoms with Gasteiger partial charge in [-0.05, 0) is 30.5 Å². The van der Waals surface area contributed by atoms with Crippen LogP contribution >= 0.6 is 0 Å². The Morgan fingerprint density at radius 3 is 2.21 bits per heavy atom. The highest BCUT2D eigenvalue weighted by atomic mass is 16.5. The molecule has 1 aromatic rings. The molecule has 0 aromatic heterocycles. The van der Waals surface area contributed by atoms with E-state index in [1.165, 1.54) is 0 Å². The molecule has 0 aliphatic rings. The topological polar surface area (TPSA) is 52.3 Å². The molecule has 0 amide bonds. The van der Waals surface area contributed by atoms with Gasteiger partial charge in [0, 0.05) is 0 Å². The molecule has 0 saturated heterocycles. The van der Waals surface area contributed by atoms with Crippen LogP contribution in [0.4, 0.5) is 0 Å². The van der Waals surface area contributed by atoms with E-state index in [-0.39, 0.29) is 0 Å². The van der Waals surface area contributed by atoms with E-state index in [2.05, 4.69) is 0 Å². The van der Waals surface area contributed by atoms with Crippen LogP contribution in [0.15, 0.2) is 12.1 Å². The first-order chi connectivity index (χ1) is 6.60. The van der Waals surface area contributed by atoms with E-state index in [1.807, 2.05) is 26.0 Å². The van der Waals surface area contributed by atoms with E-state index in [1.54, 1.807) is 7.11 Å². The van der Waals surface area contributed by atoms with E-state index in [0.717, 1.165) is 28.7 Å². The first-order valence-electron chi connectivity index (χ1n) is 4.46. The van der Waals surface area contributed by atoms with Gasteiger partial charge in [0.25, 0.3) is 0 Å². The summed E-state index contributed by atoms with van der Waals surface area (Å²) in [4.78, 5) is 10.5. The van der Waals surface area contributed by atoms with Gasteiger partial charge in [0.05, 0.1) is 13.2 Å². The van der Waals surface area contributed by atoms with Gasteiger partial charge in [-0.3, -0.25) is 0 Å². The normalized spacial score (nSPS) is 12.3. The average molecular weight is 193 g/mol. The fourth-order valence-electron chi connectivity index (χ4n) is 1.58. The first-order valence-corrected chi connectivity index (χ1v) is 4.46. The van der Waals surface area contributed by atoms with Crippen LogP contribution in [-0.2, 0) is 4.79 Å². The van der Waals surface area contributed by atoms with Crippen molar-refractivity contribution in [3.05, 3.63) is 28.8 Å². The number of ether oxygens (including phenoxy) is 1. The number of hydrogen-bond donors (Lipinski definition) is 1. The predicted octanol–water partition coefficient (Wildman–Crippen LogP) is 1.51. The molecule has 0 saturated carbocycles. The lowest BCUT2D eigenvalue weighted by molar-refractivity contribution is -0.109. The van der Waals surface area contributed by atoms with Crippen molar-refractivity contribution in [3.8, 4) is 5.75 Å². The van der Waals surface area contributed by atoms with Crippen molar-refractivity contribution in [3.63, 3.8) is 0 Å². The fraction of sp³-hybridized carbons (Fsp3) is 0.364. The van der Waals surface area contributed by atoms with E-state index in [0.29, 0.717) is 0 Å². The summed E-state index contributed by atoms with van der Waals surface area (Å²) in [5.41, 5.74) is 8.44. The van der Waals surface area contributed by atoms with Gasteiger partial charge < -0.3 is 15.3 Å². The van der Waals surface area contributed by atoms with Crippen LogP contribution in [0.3, 0.4) is 0 Å². The maximum absolute atomic E-state index is 10.5. The number of rotatable bonds is 3. The molecule has 76 valence electrons. The van der Waals surface area contributed by atoms with Crippen molar-refractivity contribution in [2.75, 3.05) is 7.11 Å². The molecule has 3 heteroatoms. The molecule has 1 unspecified atom stereocenters. The van der Waals surface area contributed by atoms with Gasteiger partial charge in [-0.25, -0.2) is 0 Å². The summed E-state index contributed by atoms with van der Waals surface area (Å²) in [5, 5.41) is 0. The SMILES string of the molecule is COc1c(C)cc(C(N)C=O)cc1C. The van der Waals surface area contributed by atoms with Gasteiger partial charge in [0.2, 0.25) is 0 Å². The molecule has 0 heterocycles. The fourth-order valence-corrected chi connectivity index (χ4v) is 1.58. The highest BCUT2D eigenvalue weighted by Gasteiger charge is 2.09. The molecular formula is C11H15NO2. The summed E-state index contributed by atoms with van der Waals surface area (Å²) in [5.74, 6) is 0.854. The number of aryl methyl sites for hydroxylation is 2. The molecule has 14 heavy (non-hydrogen) atoms. The number of benzene rings is 1. The second-order valence-electron chi connectivity index (χ2n) is 3.35. The minimum atomic E-state index is -0.543. The third-order valence-electron chi connectivity index (χ3n) is 2.22. The number of aldehydes is 1. The Kier molecular flexibility index (Phi) is 3.25. The number of methoxy groups -OCH3 is 1. The molecule has 0 aliphatic heterocycles. The zero-order valence-electron chi connectivity index (χ0n) is 8.70. The summed E-state index contributed by atoms with van der Waals surface area (Å²) in [6, 6.07) is 3.22. The Balaban J connectivity index is 3.20. The largest absolute Gasteiger partial charge is 0.496 e. The highest BCUT2D eigenvalue weighted by Crippen LogP contribution is 2.25. The molecule has 0 aliphatic carbocycles. The Hall–Kier alpha value is -1.35. The lowest BCUT2D eigenvalue weighted by Crippen LogP contribution is -2.12. The quantitative estimate of drug-likeness (QED) is 0.740. The summed E-state index contributed by atoms with van der Waals surface area (Å²) >= 11 is 0. The molecule has 0 bridgehead atoms. The Morgan fingerprint density at radius 1 is 1.36 bits per heavy atom. The number of carbonyl (C=O) groups excluding carboxylic acids is 1. The summed E-state index contributed by atoms with van der Waals surface area (Å²) < 4.78 is 5.21. The minimum absolute atomic E-state index is 0.543. The van der Waals surface area contributed by atoms with Crippen LogP contribution in [-0.4, -0.2) is 13.4 Å². The van der Waals surface area contributed by atoms with Gasteiger partial charge >= 0.3 is 0 Å². The van der Waals surface area contributed by atoms with Crippen LogP contribution in [0, 0.1) is 13.8 Å².